The molecule has 4 nitrogen and oxygen atoms in total. The quantitative estimate of drug-likeness (QED) is 0.670. The van der Waals surface area contributed by atoms with Gasteiger partial charge < -0.3 is 14.2 Å². The minimum atomic E-state index is 0.722. The fourth-order valence-electron chi connectivity index (χ4n) is 3.10. The summed E-state index contributed by atoms with van der Waals surface area (Å²) >= 11 is 0. The molecule has 25 heavy (non-hydrogen) atoms. The van der Waals surface area contributed by atoms with E-state index in [4.69, 9.17) is 19.2 Å². The molecule has 2 aromatic carbocycles. The minimum absolute atomic E-state index is 0.722. The Bertz CT molecular complexity index is 919. The zero-order valence-corrected chi connectivity index (χ0v) is 15.3. The van der Waals surface area contributed by atoms with E-state index in [1.807, 2.05) is 31.2 Å². The van der Waals surface area contributed by atoms with E-state index in [0.29, 0.717) is 0 Å². The summed E-state index contributed by atoms with van der Waals surface area (Å²) in [6.07, 6.45) is 0.842. The van der Waals surface area contributed by atoms with Gasteiger partial charge in [-0.3, -0.25) is 4.98 Å². The predicted octanol–water partition coefficient (Wildman–Crippen LogP) is 4.80. The monoisotopic (exact) mass is 337 g/mol. The van der Waals surface area contributed by atoms with Crippen LogP contribution >= 0.6 is 0 Å². The number of hydrogen-bond acceptors (Lipinski definition) is 4. The lowest BCUT2D eigenvalue weighted by molar-refractivity contribution is 0.356. The van der Waals surface area contributed by atoms with E-state index in [9.17, 15) is 0 Å². The Labute approximate surface area is 148 Å². The summed E-state index contributed by atoms with van der Waals surface area (Å²) < 4.78 is 16.2. The zero-order chi connectivity index (χ0) is 18.0. The molecule has 0 amide bonds. The van der Waals surface area contributed by atoms with E-state index < -0.39 is 0 Å². The summed E-state index contributed by atoms with van der Waals surface area (Å²) in [6, 6.07) is 12.2. The van der Waals surface area contributed by atoms with Crippen molar-refractivity contribution in [1.29, 1.82) is 0 Å². The number of aromatic nitrogens is 1. The van der Waals surface area contributed by atoms with Crippen molar-refractivity contribution in [1.82, 2.24) is 4.98 Å². The third kappa shape index (κ3) is 3.12. The molecule has 0 bridgehead atoms. The number of pyridine rings is 1. The minimum Gasteiger partial charge on any atom is -0.496 e. The van der Waals surface area contributed by atoms with Gasteiger partial charge in [-0.15, -0.1) is 0 Å². The molecule has 3 rings (SSSR count). The summed E-state index contributed by atoms with van der Waals surface area (Å²) in [5.74, 6) is 2.33. The molecule has 0 N–H and O–H groups in total. The second-order valence-corrected chi connectivity index (χ2v) is 5.92. The maximum Gasteiger partial charge on any atom is 0.161 e. The van der Waals surface area contributed by atoms with E-state index >= 15 is 0 Å². The van der Waals surface area contributed by atoms with Crippen molar-refractivity contribution < 1.29 is 14.2 Å². The number of methoxy groups -OCH3 is 3. The molecule has 0 unspecified atom stereocenters. The van der Waals surface area contributed by atoms with Gasteiger partial charge in [0, 0.05) is 16.6 Å². The van der Waals surface area contributed by atoms with Crippen LogP contribution in [0.2, 0.25) is 0 Å². The lowest BCUT2D eigenvalue weighted by Gasteiger charge is -2.13. The summed E-state index contributed by atoms with van der Waals surface area (Å²) in [6.45, 7) is 4.15. The largest absolute Gasteiger partial charge is 0.496 e. The van der Waals surface area contributed by atoms with Crippen LogP contribution in [0.5, 0.6) is 17.2 Å². The van der Waals surface area contributed by atoms with Gasteiger partial charge in [-0.2, -0.15) is 0 Å². The third-order valence-electron chi connectivity index (χ3n) is 4.44. The Kier molecular flexibility index (Phi) is 4.79. The molecule has 130 valence electrons. The van der Waals surface area contributed by atoms with E-state index in [1.54, 1.807) is 21.3 Å². The van der Waals surface area contributed by atoms with Crippen molar-refractivity contribution >= 4 is 10.8 Å². The van der Waals surface area contributed by atoms with Gasteiger partial charge in [0.2, 0.25) is 0 Å². The molecule has 0 aliphatic rings. The Morgan fingerprint density at radius 2 is 1.52 bits per heavy atom. The van der Waals surface area contributed by atoms with Crippen LogP contribution in [0.3, 0.4) is 0 Å². The lowest BCUT2D eigenvalue weighted by atomic mass is 10.0. The van der Waals surface area contributed by atoms with Gasteiger partial charge in [-0.25, -0.2) is 0 Å². The summed E-state index contributed by atoms with van der Waals surface area (Å²) in [7, 11) is 4.99. The predicted molar refractivity (Wildman–Crippen MR) is 101 cm³/mol. The Morgan fingerprint density at radius 1 is 0.840 bits per heavy atom. The average molecular weight is 337 g/mol. The average Bonchev–Trinajstić information content (AvgIpc) is 2.65. The Hall–Kier alpha value is -2.75. The third-order valence-corrected chi connectivity index (χ3v) is 4.44. The first-order valence-electron chi connectivity index (χ1n) is 8.32. The molecule has 1 heterocycles. The molecule has 0 saturated carbocycles. The molecule has 0 fully saturated rings. The normalized spacial score (nSPS) is 10.8. The van der Waals surface area contributed by atoms with Crippen molar-refractivity contribution in [2.24, 2.45) is 0 Å². The molecule has 1 aromatic heterocycles. The van der Waals surface area contributed by atoms with E-state index in [1.165, 1.54) is 0 Å². The Balaban J connectivity index is 2.21. The number of benzene rings is 2. The fraction of sp³-hybridized carbons (Fsp3) is 0.286. The summed E-state index contributed by atoms with van der Waals surface area (Å²) in [5.41, 5.74) is 4.15. The molecule has 4 heteroatoms. The Morgan fingerprint density at radius 3 is 2.12 bits per heavy atom. The number of rotatable bonds is 5. The van der Waals surface area contributed by atoms with Crippen molar-refractivity contribution in [3.8, 4) is 28.5 Å². The van der Waals surface area contributed by atoms with Crippen LogP contribution in [0.15, 0.2) is 36.4 Å². The first-order valence-corrected chi connectivity index (χ1v) is 8.32. The van der Waals surface area contributed by atoms with Crippen LogP contribution in [0.1, 0.15) is 18.2 Å². The number of fused-ring (bicyclic) bond motifs is 1. The van der Waals surface area contributed by atoms with Crippen LogP contribution in [0.25, 0.3) is 22.0 Å². The smallest absolute Gasteiger partial charge is 0.161 e. The van der Waals surface area contributed by atoms with Crippen LogP contribution in [0.4, 0.5) is 0 Å². The molecule has 0 atom stereocenters. The number of aryl methyl sites for hydroxylation is 2. The van der Waals surface area contributed by atoms with Crippen LogP contribution in [0, 0.1) is 6.92 Å². The van der Waals surface area contributed by atoms with E-state index in [-0.39, 0.29) is 0 Å². The fourth-order valence-corrected chi connectivity index (χ4v) is 3.10. The van der Waals surface area contributed by atoms with Gasteiger partial charge in [0.1, 0.15) is 5.75 Å². The topological polar surface area (TPSA) is 40.6 Å². The van der Waals surface area contributed by atoms with Gasteiger partial charge in [-0.1, -0.05) is 6.92 Å². The maximum atomic E-state index is 5.45. The second kappa shape index (κ2) is 7.01. The standard InChI is InChI=1S/C21H23NO3/c1-6-17-16-12-21(25-5)20(24-4)11-15(16)10-18(22-17)14-7-8-19(23-3)13(2)9-14/h7-12H,6H2,1-5H3. The molecule has 0 spiro atoms. The van der Waals surface area contributed by atoms with E-state index in [2.05, 4.69) is 19.1 Å². The summed E-state index contributed by atoms with van der Waals surface area (Å²) in [4.78, 5) is 4.88. The highest BCUT2D eigenvalue weighted by atomic mass is 16.5. The lowest BCUT2D eigenvalue weighted by Crippen LogP contribution is -1.97. The second-order valence-electron chi connectivity index (χ2n) is 5.92. The highest BCUT2D eigenvalue weighted by Gasteiger charge is 2.12. The highest BCUT2D eigenvalue weighted by molar-refractivity contribution is 5.91. The molecular formula is C21H23NO3. The first-order chi connectivity index (χ1) is 12.1. The van der Waals surface area contributed by atoms with Crippen LogP contribution < -0.4 is 14.2 Å². The number of hydrogen-bond donors (Lipinski definition) is 0. The van der Waals surface area contributed by atoms with Gasteiger partial charge in [0.15, 0.2) is 11.5 Å². The molecule has 0 aliphatic heterocycles. The zero-order valence-electron chi connectivity index (χ0n) is 15.3. The van der Waals surface area contributed by atoms with Crippen LogP contribution in [-0.2, 0) is 6.42 Å². The van der Waals surface area contributed by atoms with Gasteiger partial charge in [0.05, 0.1) is 27.0 Å². The highest BCUT2D eigenvalue weighted by Crippen LogP contribution is 2.35. The van der Waals surface area contributed by atoms with Crippen molar-refractivity contribution in [2.75, 3.05) is 21.3 Å². The maximum absolute atomic E-state index is 5.45. The SMILES string of the molecule is CCc1nc(-c2ccc(OC)c(C)c2)cc2cc(OC)c(OC)cc12. The number of ether oxygens (including phenoxy) is 3. The van der Waals surface area contributed by atoms with Gasteiger partial charge >= 0.3 is 0 Å². The molecule has 0 aliphatic carbocycles. The molecule has 0 saturated heterocycles. The molecule has 3 aromatic rings. The van der Waals surface area contributed by atoms with Gasteiger partial charge in [-0.05, 0) is 60.7 Å². The van der Waals surface area contributed by atoms with Gasteiger partial charge in [0.25, 0.3) is 0 Å². The van der Waals surface area contributed by atoms with Crippen molar-refractivity contribution in [3.63, 3.8) is 0 Å². The van der Waals surface area contributed by atoms with E-state index in [0.717, 1.165) is 57.0 Å². The van der Waals surface area contributed by atoms with Crippen LogP contribution in [-0.4, -0.2) is 26.3 Å². The first kappa shape index (κ1) is 17.1. The molecule has 0 radical (unpaired) electrons. The molecular weight excluding hydrogens is 314 g/mol. The number of nitrogens with zero attached hydrogens (tertiary/aromatic N) is 1. The summed E-state index contributed by atoms with van der Waals surface area (Å²) in [5, 5.41) is 2.18. The van der Waals surface area contributed by atoms with Crippen molar-refractivity contribution in [2.45, 2.75) is 20.3 Å². The van der Waals surface area contributed by atoms with Crippen molar-refractivity contribution in [3.05, 3.63) is 47.7 Å².